The molecule has 0 bridgehead atoms. The van der Waals surface area contributed by atoms with Gasteiger partial charge in [0.05, 0.1) is 16.8 Å². The molecule has 114 valence electrons. The summed E-state index contributed by atoms with van der Waals surface area (Å²) in [5.41, 5.74) is 3.22. The zero-order chi connectivity index (χ0) is 15.6. The van der Waals surface area contributed by atoms with Gasteiger partial charge in [-0.25, -0.2) is 9.97 Å². The summed E-state index contributed by atoms with van der Waals surface area (Å²) in [6.45, 7) is 0. The number of benzene rings is 2. The van der Waals surface area contributed by atoms with E-state index in [2.05, 4.69) is 32.8 Å². The summed E-state index contributed by atoms with van der Waals surface area (Å²) < 4.78 is 3.98. The molecule has 0 aliphatic heterocycles. The minimum atomic E-state index is 0.729. The smallest absolute Gasteiger partial charge is 0.174 e. The molecule has 0 spiro atoms. The fourth-order valence-corrected chi connectivity index (χ4v) is 3.52. The molecule has 0 aliphatic carbocycles. The Morgan fingerprint density at radius 1 is 1.00 bits per heavy atom. The van der Waals surface area contributed by atoms with Gasteiger partial charge in [-0.1, -0.05) is 42.1 Å². The summed E-state index contributed by atoms with van der Waals surface area (Å²) in [5, 5.41) is 5.08. The molecule has 4 rings (SSSR count). The summed E-state index contributed by atoms with van der Waals surface area (Å²) in [5.74, 6) is 1.66. The van der Waals surface area contributed by atoms with Crippen molar-refractivity contribution in [3.05, 3.63) is 66.7 Å². The van der Waals surface area contributed by atoms with Crippen molar-refractivity contribution in [3.8, 4) is 5.69 Å². The summed E-state index contributed by atoms with van der Waals surface area (Å²) >= 11 is 1.67. The number of imidazole rings is 1. The van der Waals surface area contributed by atoms with E-state index in [1.165, 1.54) is 0 Å². The molecular formula is C17H15N5S. The molecule has 4 aromatic rings. The molecule has 6 heteroatoms. The van der Waals surface area contributed by atoms with E-state index in [-0.39, 0.29) is 0 Å². The lowest BCUT2D eigenvalue weighted by Crippen LogP contribution is -2.00. The number of hydrogen-bond donors (Lipinski definition) is 0. The topological polar surface area (TPSA) is 48.5 Å². The van der Waals surface area contributed by atoms with Crippen LogP contribution in [0.25, 0.3) is 16.7 Å². The lowest BCUT2D eigenvalue weighted by Gasteiger charge is -2.08. The molecular weight excluding hydrogens is 306 g/mol. The van der Waals surface area contributed by atoms with E-state index in [0.29, 0.717) is 0 Å². The highest BCUT2D eigenvalue weighted by atomic mass is 32.2. The Bertz CT molecular complexity index is 942. The summed E-state index contributed by atoms with van der Waals surface area (Å²) in [7, 11) is 1.91. The molecule has 0 amide bonds. The van der Waals surface area contributed by atoms with Crippen molar-refractivity contribution in [1.82, 2.24) is 24.3 Å². The minimum absolute atomic E-state index is 0.729. The van der Waals surface area contributed by atoms with Crippen molar-refractivity contribution < 1.29 is 0 Å². The zero-order valence-corrected chi connectivity index (χ0v) is 13.4. The number of fused-ring (bicyclic) bond motifs is 1. The molecule has 2 aromatic heterocycles. The van der Waals surface area contributed by atoms with Gasteiger partial charge in [-0.05, 0) is 24.3 Å². The predicted molar refractivity (Wildman–Crippen MR) is 91.6 cm³/mol. The summed E-state index contributed by atoms with van der Waals surface area (Å²) in [4.78, 5) is 9.07. The fraction of sp³-hybridized carbons (Fsp3) is 0.118. The maximum absolute atomic E-state index is 4.79. The maximum atomic E-state index is 4.79. The molecule has 0 aliphatic rings. The van der Waals surface area contributed by atoms with Gasteiger partial charge < -0.3 is 0 Å². The van der Waals surface area contributed by atoms with E-state index in [1.54, 1.807) is 22.8 Å². The van der Waals surface area contributed by atoms with Crippen LogP contribution in [0.1, 0.15) is 5.82 Å². The second kappa shape index (κ2) is 5.89. The average Bonchev–Trinajstić information content (AvgIpc) is 3.16. The van der Waals surface area contributed by atoms with Crippen LogP contribution >= 0.6 is 11.8 Å². The van der Waals surface area contributed by atoms with Gasteiger partial charge in [0.2, 0.25) is 0 Å². The van der Waals surface area contributed by atoms with Crippen LogP contribution in [0.2, 0.25) is 0 Å². The average molecular weight is 321 g/mol. The lowest BCUT2D eigenvalue weighted by molar-refractivity contribution is 0.729. The molecule has 23 heavy (non-hydrogen) atoms. The van der Waals surface area contributed by atoms with Crippen LogP contribution in [0.4, 0.5) is 0 Å². The van der Waals surface area contributed by atoms with Gasteiger partial charge in [-0.2, -0.15) is 5.10 Å². The second-order valence-electron chi connectivity index (χ2n) is 5.14. The number of aromatic nitrogens is 5. The normalized spacial score (nSPS) is 11.2. The first kappa shape index (κ1) is 14.0. The second-order valence-corrected chi connectivity index (χ2v) is 6.09. The van der Waals surface area contributed by atoms with Gasteiger partial charge in [0.25, 0.3) is 0 Å². The van der Waals surface area contributed by atoms with Crippen LogP contribution < -0.4 is 0 Å². The van der Waals surface area contributed by atoms with E-state index in [4.69, 9.17) is 4.98 Å². The third-order valence-electron chi connectivity index (χ3n) is 3.68. The van der Waals surface area contributed by atoms with Crippen LogP contribution in [0.3, 0.4) is 0 Å². The lowest BCUT2D eigenvalue weighted by atomic mass is 10.3. The zero-order valence-electron chi connectivity index (χ0n) is 12.6. The Labute approximate surface area is 138 Å². The molecule has 5 nitrogen and oxygen atoms in total. The van der Waals surface area contributed by atoms with Crippen LogP contribution in [0.5, 0.6) is 0 Å². The third-order valence-corrected chi connectivity index (χ3v) is 4.61. The summed E-state index contributed by atoms with van der Waals surface area (Å²) in [6, 6.07) is 18.5. The van der Waals surface area contributed by atoms with E-state index in [1.807, 2.05) is 43.4 Å². The Balaban J connectivity index is 1.78. The van der Waals surface area contributed by atoms with Gasteiger partial charge in [0.1, 0.15) is 12.2 Å². The number of aryl methyl sites for hydroxylation is 1. The Morgan fingerprint density at radius 2 is 1.78 bits per heavy atom. The Hall–Kier alpha value is -2.60. The molecule has 0 fully saturated rings. The van der Waals surface area contributed by atoms with Gasteiger partial charge in [-0.15, -0.1) is 0 Å². The molecule has 0 saturated carbocycles. The van der Waals surface area contributed by atoms with Crippen LogP contribution in [0, 0.1) is 0 Å². The number of rotatable bonds is 4. The predicted octanol–water partition coefficient (Wildman–Crippen LogP) is 3.45. The van der Waals surface area contributed by atoms with Gasteiger partial charge in [0, 0.05) is 12.7 Å². The van der Waals surface area contributed by atoms with E-state index < -0.39 is 0 Å². The maximum Gasteiger partial charge on any atom is 0.174 e. The first-order valence-electron chi connectivity index (χ1n) is 7.31. The van der Waals surface area contributed by atoms with Crippen molar-refractivity contribution in [3.63, 3.8) is 0 Å². The highest BCUT2D eigenvalue weighted by Crippen LogP contribution is 2.29. The van der Waals surface area contributed by atoms with Crippen molar-refractivity contribution in [2.24, 2.45) is 7.05 Å². The van der Waals surface area contributed by atoms with Crippen molar-refractivity contribution in [2.75, 3.05) is 0 Å². The monoisotopic (exact) mass is 321 g/mol. The van der Waals surface area contributed by atoms with E-state index >= 15 is 0 Å². The fourth-order valence-electron chi connectivity index (χ4n) is 2.51. The SMILES string of the molecule is Cn1ncnc1CSc1nc2ccccc2n1-c1ccccc1. The van der Waals surface area contributed by atoms with Gasteiger partial charge >= 0.3 is 0 Å². The molecule has 0 saturated heterocycles. The molecule has 2 heterocycles. The third kappa shape index (κ3) is 2.61. The molecule has 0 unspecified atom stereocenters. The summed E-state index contributed by atoms with van der Waals surface area (Å²) in [6.07, 6.45) is 1.58. The highest BCUT2D eigenvalue weighted by molar-refractivity contribution is 7.98. The Morgan fingerprint density at radius 3 is 2.57 bits per heavy atom. The number of thioether (sulfide) groups is 1. The highest BCUT2D eigenvalue weighted by Gasteiger charge is 2.13. The van der Waals surface area contributed by atoms with E-state index in [9.17, 15) is 0 Å². The van der Waals surface area contributed by atoms with Crippen molar-refractivity contribution in [1.29, 1.82) is 0 Å². The van der Waals surface area contributed by atoms with Gasteiger partial charge in [0.15, 0.2) is 5.16 Å². The molecule has 0 radical (unpaired) electrons. The van der Waals surface area contributed by atoms with Crippen molar-refractivity contribution >= 4 is 22.8 Å². The van der Waals surface area contributed by atoms with Crippen LogP contribution in [-0.2, 0) is 12.8 Å². The van der Waals surface area contributed by atoms with Crippen LogP contribution in [-0.4, -0.2) is 24.3 Å². The Kier molecular flexibility index (Phi) is 3.59. The molecule has 0 atom stereocenters. The quantitative estimate of drug-likeness (QED) is 0.540. The molecule has 2 aromatic carbocycles. The molecule has 0 N–H and O–H groups in total. The minimum Gasteiger partial charge on any atom is -0.287 e. The van der Waals surface area contributed by atoms with Gasteiger partial charge in [-0.3, -0.25) is 9.25 Å². The van der Waals surface area contributed by atoms with E-state index in [0.717, 1.165) is 33.5 Å². The first-order chi connectivity index (χ1) is 11.3. The first-order valence-corrected chi connectivity index (χ1v) is 8.30. The largest absolute Gasteiger partial charge is 0.287 e. The number of para-hydroxylation sites is 3. The number of nitrogens with zero attached hydrogens (tertiary/aromatic N) is 5. The van der Waals surface area contributed by atoms with Crippen LogP contribution in [0.15, 0.2) is 66.1 Å². The standard InChI is InChI=1S/C17H15N5S/c1-21-16(18-12-19-21)11-23-17-20-14-9-5-6-10-15(14)22(17)13-7-3-2-4-8-13/h2-10,12H,11H2,1H3. The number of hydrogen-bond acceptors (Lipinski definition) is 4. The van der Waals surface area contributed by atoms with Crippen molar-refractivity contribution in [2.45, 2.75) is 10.9 Å².